The predicted octanol–water partition coefficient (Wildman–Crippen LogP) is 1.67. The molecule has 0 aliphatic heterocycles. The van der Waals surface area contributed by atoms with Gasteiger partial charge in [-0.3, -0.25) is 23.5 Å². The summed E-state index contributed by atoms with van der Waals surface area (Å²) in [7, 11) is 1.57. The summed E-state index contributed by atoms with van der Waals surface area (Å²) >= 11 is 0. The molecule has 1 amide bonds. The third-order valence-electron chi connectivity index (χ3n) is 4.37. The maximum absolute atomic E-state index is 12.6. The van der Waals surface area contributed by atoms with Crippen LogP contribution in [0.15, 0.2) is 70.8 Å². The number of aromatic nitrogens is 2. The van der Waals surface area contributed by atoms with E-state index in [-0.39, 0.29) is 25.5 Å². The van der Waals surface area contributed by atoms with E-state index in [4.69, 9.17) is 4.74 Å². The minimum absolute atomic E-state index is 0.220. The van der Waals surface area contributed by atoms with E-state index in [2.05, 4.69) is 11.9 Å². The molecule has 3 rings (SSSR count). The van der Waals surface area contributed by atoms with Crippen LogP contribution in [0, 0.1) is 0 Å². The van der Waals surface area contributed by atoms with Crippen molar-refractivity contribution < 1.29 is 9.53 Å². The molecule has 7 heteroatoms. The summed E-state index contributed by atoms with van der Waals surface area (Å²) in [5.74, 6) is 0.329. The Morgan fingerprint density at radius 2 is 1.75 bits per heavy atom. The number of amides is 1. The maximum atomic E-state index is 12.6. The fraction of sp³-hybridized carbons (Fsp3) is 0.190. The van der Waals surface area contributed by atoms with Crippen molar-refractivity contribution >= 4 is 16.9 Å². The van der Waals surface area contributed by atoms with Crippen molar-refractivity contribution in [3.8, 4) is 5.75 Å². The molecule has 0 bridgehead atoms. The molecule has 3 aromatic rings. The average molecular weight is 379 g/mol. The summed E-state index contributed by atoms with van der Waals surface area (Å²) in [6.07, 6.45) is 1.55. The Kier molecular flexibility index (Phi) is 5.74. The first kappa shape index (κ1) is 19.2. The fourth-order valence-electron chi connectivity index (χ4n) is 3.02. The summed E-state index contributed by atoms with van der Waals surface area (Å²) in [5.41, 5.74) is 0.542. The molecule has 1 N–H and O–H groups in total. The second-order valence-electron chi connectivity index (χ2n) is 6.21. The molecule has 2 aromatic carbocycles. The first-order valence-corrected chi connectivity index (χ1v) is 8.78. The van der Waals surface area contributed by atoms with E-state index in [9.17, 15) is 14.4 Å². The van der Waals surface area contributed by atoms with Gasteiger partial charge in [-0.1, -0.05) is 30.3 Å². The minimum atomic E-state index is -0.739. The van der Waals surface area contributed by atoms with Gasteiger partial charge in [-0.15, -0.1) is 6.58 Å². The van der Waals surface area contributed by atoms with Crippen LogP contribution >= 0.6 is 0 Å². The first-order valence-electron chi connectivity index (χ1n) is 8.78. The predicted molar refractivity (Wildman–Crippen MR) is 108 cm³/mol. The van der Waals surface area contributed by atoms with Crippen LogP contribution in [0.25, 0.3) is 11.0 Å². The Labute approximate surface area is 161 Å². The van der Waals surface area contributed by atoms with Crippen molar-refractivity contribution in [3.63, 3.8) is 0 Å². The van der Waals surface area contributed by atoms with Crippen LogP contribution in [0.2, 0.25) is 0 Å². The maximum Gasteiger partial charge on any atom is 0.317 e. The molecule has 0 saturated carbocycles. The number of allylic oxidation sites excluding steroid dienone is 1. The third kappa shape index (κ3) is 3.88. The number of nitrogens with one attached hydrogen (secondary N) is 1. The molecule has 144 valence electrons. The molecular formula is C21H21N3O4. The monoisotopic (exact) mass is 379 g/mol. The number of carbonyl (C=O) groups is 1. The van der Waals surface area contributed by atoms with Gasteiger partial charge in [-0.25, -0.2) is 0 Å². The van der Waals surface area contributed by atoms with Gasteiger partial charge >= 0.3 is 11.1 Å². The minimum Gasteiger partial charge on any atom is -0.497 e. The summed E-state index contributed by atoms with van der Waals surface area (Å²) < 4.78 is 7.73. The smallest absolute Gasteiger partial charge is 0.317 e. The SMILES string of the molecule is C=CCn1c(=O)c(=O)n(CC(=O)NCc2cccc(OC)c2)c2ccccc21. The zero-order valence-electron chi connectivity index (χ0n) is 15.6. The van der Waals surface area contributed by atoms with Crippen LogP contribution in [0.5, 0.6) is 5.75 Å². The molecule has 0 aliphatic carbocycles. The van der Waals surface area contributed by atoms with Gasteiger partial charge in [0.15, 0.2) is 0 Å². The number of nitrogens with zero attached hydrogens (tertiary/aromatic N) is 2. The Hall–Kier alpha value is -3.61. The Morgan fingerprint density at radius 3 is 2.43 bits per heavy atom. The molecule has 1 aromatic heterocycles. The molecule has 0 aliphatic rings. The number of methoxy groups -OCH3 is 1. The van der Waals surface area contributed by atoms with Crippen molar-refractivity contribution in [2.45, 2.75) is 19.6 Å². The number of para-hydroxylation sites is 2. The highest BCUT2D eigenvalue weighted by atomic mass is 16.5. The zero-order valence-corrected chi connectivity index (χ0v) is 15.6. The normalized spacial score (nSPS) is 10.6. The number of ether oxygens (including phenoxy) is 1. The van der Waals surface area contributed by atoms with Crippen molar-refractivity contribution in [2.24, 2.45) is 0 Å². The zero-order chi connectivity index (χ0) is 20.1. The summed E-state index contributed by atoms with van der Waals surface area (Å²) in [6.45, 7) is 3.89. The van der Waals surface area contributed by atoms with Crippen LogP contribution in [-0.4, -0.2) is 22.2 Å². The van der Waals surface area contributed by atoms with Gasteiger partial charge in [-0.05, 0) is 29.8 Å². The summed E-state index contributed by atoms with van der Waals surface area (Å²) in [6, 6.07) is 14.3. The van der Waals surface area contributed by atoms with Gasteiger partial charge in [0.05, 0.1) is 18.1 Å². The highest BCUT2D eigenvalue weighted by Gasteiger charge is 2.14. The molecule has 0 spiro atoms. The van der Waals surface area contributed by atoms with Crippen LogP contribution in [0.1, 0.15) is 5.56 Å². The van der Waals surface area contributed by atoms with Crippen LogP contribution < -0.4 is 21.2 Å². The van der Waals surface area contributed by atoms with Crippen molar-refractivity contribution in [1.29, 1.82) is 0 Å². The third-order valence-corrected chi connectivity index (χ3v) is 4.37. The molecule has 1 heterocycles. The summed E-state index contributed by atoms with van der Waals surface area (Å²) in [4.78, 5) is 37.5. The summed E-state index contributed by atoms with van der Waals surface area (Å²) in [5, 5.41) is 2.77. The van der Waals surface area contributed by atoms with E-state index in [1.54, 1.807) is 37.5 Å². The number of rotatable bonds is 7. The largest absolute Gasteiger partial charge is 0.497 e. The van der Waals surface area contributed by atoms with Gasteiger partial charge in [0, 0.05) is 13.1 Å². The standard InChI is InChI=1S/C21H21N3O4/c1-3-11-23-17-9-4-5-10-18(17)24(21(27)20(23)26)14-19(25)22-13-15-7-6-8-16(12-15)28-2/h3-10,12H,1,11,13-14H2,2H3,(H,22,25). The molecule has 0 radical (unpaired) electrons. The molecule has 0 fully saturated rings. The lowest BCUT2D eigenvalue weighted by Crippen LogP contribution is -2.43. The van der Waals surface area contributed by atoms with E-state index >= 15 is 0 Å². The van der Waals surface area contributed by atoms with E-state index < -0.39 is 11.1 Å². The molecule has 7 nitrogen and oxygen atoms in total. The molecule has 0 atom stereocenters. The van der Waals surface area contributed by atoms with Crippen molar-refractivity contribution in [1.82, 2.24) is 14.5 Å². The first-order chi connectivity index (χ1) is 13.5. The van der Waals surface area contributed by atoms with Gasteiger partial charge in [-0.2, -0.15) is 0 Å². The Balaban J connectivity index is 1.87. The van der Waals surface area contributed by atoms with Gasteiger partial charge < -0.3 is 10.1 Å². The van der Waals surface area contributed by atoms with Gasteiger partial charge in [0.2, 0.25) is 5.91 Å². The lowest BCUT2D eigenvalue weighted by atomic mass is 10.2. The molecule has 0 saturated heterocycles. The van der Waals surface area contributed by atoms with Crippen LogP contribution in [-0.2, 0) is 24.4 Å². The topological polar surface area (TPSA) is 82.3 Å². The van der Waals surface area contributed by atoms with E-state index in [0.717, 1.165) is 5.56 Å². The lowest BCUT2D eigenvalue weighted by molar-refractivity contribution is -0.121. The highest BCUT2D eigenvalue weighted by molar-refractivity contribution is 5.80. The second-order valence-corrected chi connectivity index (χ2v) is 6.21. The number of hydrogen-bond donors (Lipinski definition) is 1. The van der Waals surface area contributed by atoms with E-state index in [1.807, 2.05) is 24.3 Å². The van der Waals surface area contributed by atoms with Crippen molar-refractivity contribution in [3.05, 3.63) is 87.5 Å². The molecule has 0 unspecified atom stereocenters. The number of fused-ring (bicyclic) bond motifs is 1. The van der Waals surface area contributed by atoms with E-state index in [0.29, 0.717) is 16.8 Å². The Morgan fingerprint density at radius 1 is 1.07 bits per heavy atom. The van der Waals surface area contributed by atoms with Crippen molar-refractivity contribution in [2.75, 3.05) is 7.11 Å². The second kappa shape index (κ2) is 8.39. The average Bonchev–Trinajstić information content (AvgIpc) is 2.73. The quantitative estimate of drug-likeness (QED) is 0.500. The number of hydrogen-bond acceptors (Lipinski definition) is 4. The number of benzene rings is 2. The van der Waals surface area contributed by atoms with Gasteiger partial charge in [0.1, 0.15) is 12.3 Å². The molecule has 28 heavy (non-hydrogen) atoms. The number of carbonyl (C=O) groups excluding carboxylic acids is 1. The van der Waals surface area contributed by atoms with Gasteiger partial charge in [0.25, 0.3) is 0 Å². The lowest BCUT2D eigenvalue weighted by Gasteiger charge is -2.14. The van der Waals surface area contributed by atoms with E-state index in [1.165, 1.54) is 9.13 Å². The van der Waals surface area contributed by atoms with Crippen LogP contribution in [0.4, 0.5) is 0 Å². The molecular weight excluding hydrogens is 358 g/mol. The van der Waals surface area contributed by atoms with Crippen LogP contribution in [0.3, 0.4) is 0 Å². The fourth-order valence-corrected chi connectivity index (χ4v) is 3.02. The highest BCUT2D eigenvalue weighted by Crippen LogP contribution is 2.13. The Bertz CT molecular complexity index is 1140.